The Balaban J connectivity index is 1.39. The van der Waals surface area contributed by atoms with E-state index in [-0.39, 0.29) is 35.5 Å². The summed E-state index contributed by atoms with van der Waals surface area (Å²) in [7, 11) is 0. The van der Waals surface area contributed by atoms with Crippen LogP contribution in [0.1, 0.15) is 62.9 Å². The van der Waals surface area contributed by atoms with Crippen LogP contribution in [0.2, 0.25) is 0 Å². The van der Waals surface area contributed by atoms with Gasteiger partial charge in [0.1, 0.15) is 5.56 Å². The van der Waals surface area contributed by atoms with Crippen molar-refractivity contribution in [1.82, 2.24) is 20.1 Å². The van der Waals surface area contributed by atoms with Gasteiger partial charge in [0.25, 0.3) is 11.5 Å². The van der Waals surface area contributed by atoms with Crippen LogP contribution in [0.4, 0.5) is 0 Å². The van der Waals surface area contributed by atoms with Crippen molar-refractivity contribution in [1.29, 1.82) is 0 Å². The first-order chi connectivity index (χ1) is 16.2. The minimum Gasteiger partial charge on any atom is -0.390 e. The molecule has 2 saturated heterocycles. The van der Waals surface area contributed by atoms with Crippen molar-refractivity contribution in [2.45, 2.75) is 70.7 Å². The van der Waals surface area contributed by atoms with Crippen molar-refractivity contribution < 1.29 is 14.7 Å². The highest BCUT2D eigenvalue weighted by Gasteiger charge is 2.41. The Labute approximate surface area is 200 Å². The van der Waals surface area contributed by atoms with Gasteiger partial charge in [-0.25, -0.2) is 0 Å². The summed E-state index contributed by atoms with van der Waals surface area (Å²) in [4.78, 5) is 39.6. The molecule has 8 heteroatoms. The van der Waals surface area contributed by atoms with E-state index < -0.39 is 6.10 Å². The number of aromatic nitrogens is 1. The molecule has 2 unspecified atom stereocenters. The molecule has 34 heavy (non-hydrogen) atoms. The largest absolute Gasteiger partial charge is 0.390 e. The second-order valence-electron chi connectivity index (χ2n) is 10.1. The summed E-state index contributed by atoms with van der Waals surface area (Å²) in [6, 6.07) is 10.1. The molecule has 184 valence electrons. The highest BCUT2D eigenvalue weighted by atomic mass is 16.3. The van der Waals surface area contributed by atoms with Gasteiger partial charge in [0.15, 0.2) is 0 Å². The molecule has 3 N–H and O–H groups in total. The number of rotatable bonds is 8. The molecule has 1 aromatic carbocycles. The molecule has 2 fully saturated rings. The molecule has 0 saturated carbocycles. The molecule has 0 spiro atoms. The first kappa shape index (κ1) is 24.4. The van der Waals surface area contributed by atoms with Gasteiger partial charge in [0.05, 0.1) is 11.6 Å². The summed E-state index contributed by atoms with van der Waals surface area (Å²) < 4.78 is 1.69. The number of carbonyl (C=O) groups excluding carboxylic acids is 2. The van der Waals surface area contributed by atoms with E-state index >= 15 is 0 Å². The first-order valence-electron chi connectivity index (χ1n) is 12.3. The number of fused-ring (bicyclic) bond motifs is 3. The summed E-state index contributed by atoms with van der Waals surface area (Å²) >= 11 is 0. The maximum absolute atomic E-state index is 13.1. The quantitative estimate of drug-likeness (QED) is 0.550. The topological polar surface area (TPSA) is 104 Å². The van der Waals surface area contributed by atoms with E-state index in [1.54, 1.807) is 10.6 Å². The van der Waals surface area contributed by atoms with Crippen LogP contribution in [-0.2, 0) is 4.79 Å². The fourth-order valence-electron chi connectivity index (χ4n) is 5.71. The molecule has 0 aliphatic carbocycles. The van der Waals surface area contributed by atoms with Gasteiger partial charge in [-0.1, -0.05) is 18.2 Å². The third-order valence-electron chi connectivity index (χ3n) is 7.25. The van der Waals surface area contributed by atoms with E-state index in [4.69, 9.17) is 0 Å². The number of benzene rings is 1. The number of carbonyl (C=O) groups is 2. The smallest absolute Gasteiger partial charge is 0.264 e. The predicted molar refractivity (Wildman–Crippen MR) is 132 cm³/mol. The Hall–Kier alpha value is -2.71. The van der Waals surface area contributed by atoms with Crippen LogP contribution in [0.15, 0.2) is 35.1 Å². The van der Waals surface area contributed by atoms with Crippen molar-refractivity contribution >= 4 is 22.7 Å². The molecule has 0 radical (unpaired) electrons. The average molecular weight is 469 g/mol. The Kier molecular flexibility index (Phi) is 7.38. The van der Waals surface area contributed by atoms with E-state index in [0.717, 1.165) is 36.6 Å². The molecule has 1 aromatic heterocycles. The van der Waals surface area contributed by atoms with E-state index in [1.165, 1.54) is 6.92 Å². The zero-order valence-electron chi connectivity index (χ0n) is 20.3. The fourth-order valence-corrected chi connectivity index (χ4v) is 5.71. The second-order valence-corrected chi connectivity index (χ2v) is 10.1. The van der Waals surface area contributed by atoms with Crippen LogP contribution in [0, 0.1) is 5.92 Å². The Morgan fingerprint density at radius 1 is 1.12 bits per heavy atom. The third-order valence-corrected chi connectivity index (χ3v) is 7.25. The number of pyridine rings is 1. The maximum Gasteiger partial charge on any atom is 0.264 e. The van der Waals surface area contributed by atoms with Crippen LogP contribution < -0.4 is 16.2 Å². The van der Waals surface area contributed by atoms with Crippen molar-refractivity contribution in [2.24, 2.45) is 5.92 Å². The molecule has 8 nitrogen and oxygen atoms in total. The lowest BCUT2D eigenvalue weighted by Gasteiger charge is -2.40. The first-order valence-corrected chi connectivity index (χ1v) is 12.3. The fraction of sp³-hybridized carbons (Fsp3) is 0.577. The Bertz CT molecular complexity index is 1100. The van der Waals surface area contributed by atoms with Crippen molar-refractivity contribution in [3.63, 3.8) is 0 Å². The number of piperidine rings is 1. The van der Waals surface area contributed by atoms with Gasteiger partial charge >= 0.3 is 0 Å². The van der Waals surface area contributed by atoms with E-state index in [9.17, 15) is 19.5 Å². The monoisotopic (exact) mass is 468 g/mol. The molecular weight excluding hydrogens is 432 g/mol. The number of hydrogen-bond donors (Lipinski definition) is 3. The molecule has 4 rings (SSSR count). The number of aliphatic hydroxyl groups excluding tert-OH is 1. The Morgan fingerprint density at radius 3 is 2.44 bits per heavy atom. The van der Waals surface area contributed by atoms with E-state index in [2.05, 4.69) is 15.5 Å². The molecule has 2 aromatic rings. The number of hydrogen-bond acceptors (Lipinski definition) is 5. The van der Waals surface area contributed by atoms with E-state index in [0.29, 0.717) is 31.1 Å². The molecule has 4 atom stereocenters. The third kappa shape index (κ3) is 5.18. The van der Waals surface area contributed by atoms with Gasteiger partial charge < -0.3 is 20.3 Å². The summed E-state index contributed by atoms with van der Waals surface area (Å²) in [6.45, 7) is 6.72. The number of amides is 2. The SMILES string of the molecule is CC(=O)NCC(O)CN1[C@@H]2CC[C@H]1CC(CNC(=O)c1cc3ccccc3n(C(C)C)c1=O)C2. The minimum atomic E-state index is -0.584. The van der Waals surface area contributed by atoms with Gasteiger partial charge in [0, 0.05) is 44.7 Å². The number of nitrogens with one attached hydrogen (secondary N) is 2. The Morgan fingerprint density at radius 2 is 1.79 bits per heavy atom. The van der Waals surface area contributed by atoms with Gasteiger partial charge in [-0.2, -0.15) is 0 Å². The summed E-state index contributed by atoms with van der Waals surface area (Å²) in [5.41, 5.74) is 0.770. The lowest BCUT2D eigenvalue weighted by atomic mass is 9.90. The molecular formula is C26H36N4O4. The summed E-state index contributed by atoms with van der Waals surface area (Å²) in [5, 5.41) is 16.9. The summed E-state index contributed by atoms with van der Waals surface area (Å²) in [5.74, 6) is -0.105. The molecule has 2 amide bonds. The second kappa shape index (κ2) is 10.3. The zero-order valence-corrected chi connectivity index (χ0v) is 20.3. The lowest BCUT2D eigenvalue weighted by Crippen LogP contribution is -2.50. The van der Waals surface area contributed by atoms with Crippen molar-refractivity contribution in [3.05, 3.63) is 46.2 Å². The molecule has 2 bridgehead atoms. The standard InChI is InChI=1S/C26H36N4O4/c1-16(2)30-24-7-5-4-6-19(24)12-23(26(30)34)25(33)28-13-18-10-20-8-9-21(11-18)29(20)15-22(32)14-27-17(3)31/h4-7,12,16,18,20-22,32H,8-11,13-15H2,1-3H3,(H,27,31)(H,28,33)/t18?,20-,21+,22?. The number of para-hydroxylation sites is 1. The normalized spacial score (nSPS) is 23.3. The van der Waals surface area contributed by atoms with Gasteiger partial charge in [0.2, 0.25) is 5.91 Å². The lowest BCUT2D eigenvalue weighted by molar-refractivity contribution is -0.119. The molecule has 3 heterocycles. The number of nitrogens with zero attached hydrogens (tertiary/aromatic N) is 2. The van der Waals surface area contributed by atoms with Crippen LogP contribution >= 0.6 is 0 Å². The van der Waals surface area contributed by atoms with E-state index in [1.807, 2.05) is 38.1 Å². The molecule has 2 aliphatic rings. The van der Waals surface area contributed by atoms with Crippen LogP contribution in [0.3, 0.4) is 0 Å². The zero-order chi connectivity index (χ0) is 24.4. The van der Waals surface area contributed by atoms with Crippen LogP contribution in [0.5, 0.6) is 0 Å². The summed E-state index contributed by atoms with van der Waals surface area (Å²) in [6.07, 6.45) is 3.51. The predicted octanol–water partition coefficient (Wildman–Crippen LogP) is 2.05. The highest BCUT2D eigenvalue weighted by molar-refractivity contribution is 5.97. The van der Waals surface area contributed by atoms with Crippen molar-refractivity contribution in [2.75, 3.05) is 19.6 Å². The van der Waals surface area contributed by atoms with Crippen LogP contribution in [0.25, 0.3) is 10.9 Å². The van der Waals surface area contributed by atoms with Gasteiger partial charge in [-0.3, -0.25) is 19.3 Å². The minimum absolute atomic E-state index is 0.0499. The molecule has 2 aliphatic heterocycles. The van der Waals surface area contributed by atoms with Crippen LogP contribution in [-0.4, -0.2) is 64.2 Å². The number of aliphatic hydroxyl groups is 1. The maximum atomic E-state index is 13.1. The average Bonchev–Trinajstić information content (AvgIpc) is 3.02. The van der Waals surface area contributed by atoms with Gasteiger partial charge in [-0.05, 0) is 63.0 Å². The van der Waals surface area contributed by atoms with Crippen molar-refractivity contribution in [3.8, 4) is 0 Å². The van der Waals surface area contributed by atoms with Gasteiger partial charge in [-0.15, -0.1) is 0 Å². The highest BCUT2D eigenvalue weighted by Crippen LogP contribution is 2.38.